The van der Waals surface area contributed by atoms with E-state index in [-0.39, 0.29) is 15.4 Å². The summed E-state index contributed by atoms with van der Waals surface area (Å²) in [6.07, 6.45) is 2.00. The predicted molar refractivity (Wildman–Crippen MR) is 87.4 cm³/mol. The molecule has 2 rings (SSSR count). The van der Waals surface area contributed by atoms with E-state index in [9.17, 15) is 0 Å². The van der Waals surface area contributed by atoms with Crippen LogP contribution in [0.25, 0.3) is 0 Å². The molecule has 1 radical (unpaired) electrons. The Hall–Kier alpha value is -1.39. The van der Waals surface area contributed by atoms with E-state index in [1.54, 1.807) is 7.11 Å². The summed E-state index contributed by atoms with van der Waals surface area (Å²) in [6.45, 7) is 11.3. The van der Waals surface area contributed by atoms with Crippen molar-refractivity contribution in [3.8, 4) is 0 Å². The average Bonchev–Trinajstić information content (AvgIpc) is 2.47. The maximum atomic E-state index is 5.58. The van der Waals surface area contributed by atoms with Crippen molar-refractivity contribution in [2.75, 3.05) is 13.7 Å². The summed E-state index contributed by atoms with van der Waals surface area (Å²) in [7, 11) is 1.73. The smallest absolute Gasteiger partial charge is 0.424 e. The van der Waals surface area contributed by atoms with Crippen LogP contribution in [0, 0.1) is 12.3 Å². The van der Waals surface area contributed by atoms with Gasteiger partial charge in [0.15, 0.2) is 0 Å². The molecule has 0 unspecified atom stereocenters. The van der Waals surface area contributed by atoms with Crippen LogP contribution in [0.15, 0.2) is 36.1 Å². The quantitative estimate of drug-likeness (QED) is 0.613. The number of hydrogen-bond acceptors (Lipinski definition) is 2. The van der Waals surface area contributed by atoms with Crippen LogP contribution in [-0.4, -0.2) is 29.5 Å². The Bertz CT molecular complexity index is 494. The lowest BCUT2D eigenvalue weighted by Crippen LogP contribution is -2.20. The van der Waals surface area contributed by atoms with Crippen LogP contribution in [0.1, 0.15) is 42.9 Å². The fourth-order valence-corrected chi connectivity index (χ4v) is 2.28. The normalized spacial score (nSPS) is 14.0. The van der Waals surface area contributed by atoms with Crippen molar-refractivity contribution in [2.45, 2.75) is 34.6 Å². The lowest BCUT2D eigenvalue weighted by atomic mass is 9.92. The van der Waals surface area contributed by atoms with E-state index < -0.39 is 0 Å². The van der Waals surface area contributed by atoms with E-state index in [0.29, 0.717) is 0 Å². The van der Waals surface area contributed by atoms with E-state index in [1.807, 2.05) is 13.0 Å². The van der Waals surface area contributed by atoms with Gasteiger partial charge in [-0.25, -0.2) is 0 Å². The molecule has 1 aromatic rings. The highest BCUT2D eigenvalue weighted by atomic mass is 28.2. The summed E-state index contributed by atoms with van der Waals surface area (Å²) >= 11 is 0. The molecule has 0 aliphatic carbocycles. The molecular formula is C17H25O3Si. The van der Waals surface area contributed by atoms with Crippen LogP contribution in [0.3, 0.4) is 0 Å². The molecule has 21 heavy (non-hydrogen) atoms. The number of ether oxygens (including phenoxy) is 1. The molecule has 0 bridgehead atoms. The first-order valence-corrected chi connectivity index (χ1v) is 7.94. The summed E-state index contributed by atoms with van der Waals surface area (Å²) < 4.78 is 15.7. The first kappa shape index (κ1) is 17.7. The molecule has 0 saturated carbocycles. The summed E-state index contributed by atoms with van der Waals surface area (Å²) in [5, 5.41) is 0. The third-order valence-electron chi connectivity index (χ3n) is 2.93. The first-order chi connectivity index (χ1) is 9.88. The van der Waals surface area contributed by atoms with E-state index in [1.165, 1.54) is 5.56 Å². The van der Waals surface area contributed by atoms with Gasteiger partial charge < -0.3 is 13.3 Å². The number of hydrogen-bond donors (Lipinski definition) is 0. The maximum Gasteiger partial charge on any atom is 0.424 e. The van der Waals surface area contributed by atoms with Crippen molar-refractivity contribution in [2.24, 2.45) is 5.41 Å². The number of ketones is 1. The summed E-state index contributed by atoms with van der Waals surface area (Å²) in [4.78, 5) is 0. The minimum atomic E-state index is 0.0206. The monoisotopic (exact) mass is 305 g/mol. The highest BCUT2D eigenvalue weighted by Crippen LogP contribution is 2.27. The predicted octanol–water partition coefficient (Wildman–Crippen LogP) is 3.86. The topological polar surface area (TPSA) is 29.8 Å². The summed E-state index contributed by atoms with van der Waals surface area (Å²) in [5.41, 5.74) is 2.38. The van der Waals surface area contributed by atoms with Gasteiger partial charge in [0.2, 0.25) is 0 Å². The molecular weight excluding hydrogens is 280 g/mol. The lowest BCUT2D eigenvalue weighted by molar-refractivity contribution is -0.109. The zero-order valence-corrected chi connectivity index (χ0v) is 14.8. The lowest BCUT2D eigenvalue weighted by Gasteiger charge is -2.27. The van der Waals surface area contributed by atoms with Gasteiger partial charge in [0, 0.05) is 19.1 Å². The van der Waals surface area contributed by atoms with Crippen LogP contribution in [-0.2, 0) is 9.16 Å². The third-order valence-corrected chi connectivity index (χ3v) is 3.54. The van der Waals surface area contributed by atoms with Gasteiger partial charge in [-0.2, -0.15) is 0 Å². The summed E-state index contributed by atoms with van der Waals surface area (Å²) in [5.74, 6) is 1.89. The second-order valence-corrected chi connectivity index (χ2v) is 6.43. The molecule has 1 aliphatic rings. The highest BCUT2D eigenvalue weighted by Gasteiger charge is 2.23. The van der Waals surface area contributed by atoms with Crippen LogP contribution in [0.5, 0.6) is 0 Å². The fraction of sp³-hybridized carbons (Fsp3) is 0.471. The third kappa shape index (κ3) is 5.85. The number of rotatable bonds is 2. The van der Waals surface area contributed by atoms with Crippen molar-refractivity contribution >= 4 is 15.8 Å². The Morgan fingerprint density at radius 2 is 1.76 bits per heavy atom. The Labute approximate surface area is 130 Å². The molecule has 0 fully saturated rings. The van der Waals surface area contributed by atoms with Gasteiger partial charge in [-0.05, 0) is 26.0 Å². The van der Waals surface area contributed by atoms with Gasteiger partial charge in [0.05, 0.1) is 17.4 Å². The molecule has 4 heteroatoms. The maximum absolute atomic E-state index is 5.58. The van der Waals surface area contributed by atoms with E-state index in [0.717, 1.165) is 23.7 Å². The number of aryl methyl sites for hydroxylation is 1. The van der Waals surface area contributed by atoms with Crippen molar-refractivity contribution in [1.29, 1.82) is 0 Å². The van der Waals surface area contributed by atoms with Crippen molar-refractivity contribution < 1.29 is 13.3 Å². The number of carbonyl (C=O) groups excluding carboxylic acids is 1. The molecule has 115 valence electrons. The molecule has 0 atom stereocenters. The Kier molecular flexibility index (Phi) is 6.85. The highest BCUT2D eigenvalue weighted by molar-refractivity contribution is 6.22. The fourth-order valence-electron chi connectivity index (χ4n) is 1.52. The molecule has 0 saturated heterocycles. The van der Waals surface area contributed by atoms with E-state index >= 15 is 0 Å². The molecule has 0 amide bonds. The van der Waals surface area contributed by atoms with Crippen LogP contribution in [0.4, 0.5) is 0 Å². The van der Waals surface area contributed by atoms with Gasteiger partial charge in [-0.3, -0.25) is 0 Å². The zero-order chi connectivity index (χ0) is 15.9. The minimum Gasteiger partial charge on any atom is -0.632 e. The summed E-state index contributed by atoms with van der Waals surface area (Å²) in [6, 6.07) is 8.35. The van der Waals surface area contributed by atoms with Gasteiger partial charge in [-0.15, -0.1) is 0 Å². The first-order valence-electron chi connectivity index (χ1n) is 7.12. The molecule has 1 aliphatic heterocycles. The van der Waals surface area contributed by atoms with Gasteiger partial charge >= 0.3 is 10.0 Å². The standard InChI is InChI=1S/C14H17O2Si.C3H8O/c1-10-5-7-11(8-6-10)12-9-13(14(2,3)4)16-17-15-12;1-3-4-2/h5-9H,1-4H3;3H2,1-2H3. The number of allylic oxidation sites excluding steroid dienone is 2. The van der Waals surface area contributed by atoms with Crippen molar-refractivity contribution in [1.82, 2.24) is 0 Å². The van der Waals surface area contributed by atoms with E-state index in [2.05, 4.69) is 56.7 Å². The molecule has 0 N–H and O–H groups in total. The number of benzene rings is 1. The second kappa shape index (κ2) is 8.15. The van der Waals surface area contributed by atoms with Gasteiger partial charge in [0.1, 0.15) is 0 Å². The van der Waals surface area contributed by atoms with Crippen LogP contribution in [0.2, 0.25) is 0 Å². The van der Waals surface area contributed by atoms with Gasteiger partial charge in [-0.1, -0.05) is 38.5 Å². The Morgan fingerprint density at radius 1 is 1.19 bits per heavy atom. The van der Waals surface area contributed by atoms with Crippen molar-refractivity contribution in [3.63, 3.8) is 0 Å². The minimum absolute atomic E-state index is 0.0206. The molecule has 3 nitrogen and oxygen atoms in total. The number of methoxy groups -OCH3 is 1. The van der Waals surface area contributed by atoms with Crippen LogP contribution < -0.4 is 0 Å². The largest absolute Gasteiger partial charge is 0.632 e. The molecule has 1 heterocycles. The zero-order valence-electron chi connectivity index (χ0n) is 13.8. The average molecular weight is 305 g/mol. The van der Waals surface area contributed by atoms with E-state index in [4.69, 9.17) is 8.54 Å². The SMILES string of the molecule is CCOC.Cc1ccc(C2=[O+][Si-]OC(C(C)(C)C)=C2)cc1. The Morgan fingerprint density at radius 3 is 2.24 bits per heavy atom. The molecule has 0 aromatic heterocycles. The van der Waals surface area contributed by atoms with Crippen LogP contribution >= 0.6 is 0 Å². The molecule has 1 aromatic carbocycles. The Balaban J connectivity index is 0.000000491. The van der Waals surface area contributed by atoms with Gasteiger partial charge in [0.25, 0.3) is 5.78 Å². The van der Waals surface area contributed by atoms with Crippen molar-refractivity contribution in [3.05, 3.63) is 47.2 Å². The molecule has 0 spiro atoms. The second-order valence-electron chi connectivity index (χ2n) is 5.85.